The molecule has 1 unspecified atom stereocenters. The van der Waals surface area contributed by atoms with Crippen LogP contribution in [-0.2, 0) is 19.4 Å². The van der Waals surface area contributed by atoms with Crippen molar-refractivity contribution in [2.75, 3.05) is 11.4 Å². The Bertz CT molecular complexity index is 1040. The van der Waals surface area contributed by atoms with Crippen molar-refractivity contribution in [3.8, 4) is 0 Å². The molecule has 2 aromatic rings. The molecule has 1 atom stereocenters. The molecule has 1 aliphatic rings. The summed E-state index contributed by atoms with van der Waals surface area (Å²) in [5.74, 6) is -0.749. The Morgan fingerprint density at radius 1 is 1.10 bits per heavy atom. The summed E-state index contributed by atoms with van der Waals surface area (Å²) < 4.78 is 26.9. The molecule has 0 bridgehead atoms. The van der Waals surface area contributed by atoms with Gasteiger partial charge in [-0.2, -0.15) is 0 Å². The summed E-state index contributed by atoms with van der Waals surface area (Å²) in [6.45, 7) is 0.335. The average Bonchev–Trinajstić information content (AvgIpc) is 2.82. The van der Waals surface area contributed by atoms with Crippen molar-refractivity contribution in [1.29, 1.82) is 0 Å². The van der Waals surface area contributed by atoms with Gasteiger partial charge in [0.25, 0.3) is 0 Å². The Hall–Kier alpha value is -2.42. The molecule has 2 N–H and O–H groups in total. The summed E-state index contributed by atoms with van der Waals surface area (Å²) in [6.07, 6.45) is 1.78. The molecule has 0 saturated heterocycles. The first-order valence-electron chi connectivity index (χ1n) is 9.67. The van der Waals surface area contributed by atoms with Crippen molar-refractivity contribution < 1.29 is 23.2 Å². The van der Waals surface area contributed by atoms with E-state index in [2.05, 4.69) is 0 Å². The summed E-state index contributed by atoms with van der Waals surface area (Å²) in [4.78, 5) is 25.8. The summed E-state index contributed by atoms with van der Waals surface area (Å²) in [5.41, 5.74) is 2.37. The fourth-order valence-electron chi connectivity index (χ4n) is 3.63. The van der Waals surface area contributed by atoms with Gasteiger partial charge in [0.2, 0.25) is 11.8 Å². The third-order valence-corrected chi connectivity index (χ3v) is 7.63. The van der Waals surface area contributed by atoms with Crippen LogP contribution < -0.4 is 10.4 Å². The van der Waals surface area contributed by atoms with E-state index in [0.29, 0.717) is 42.1 Å². The minimum absolute atomic E-state index is 0.112. The maximum Gasteiger partial charge on any atom is 0.243 e. The highest BCUT2D eigenvalue weighted by molar-refractivity contribution is 7.92. The lowest BCUT2D eigenvalue weighted by Crippen LogP contribution is -2.31. The molecule has 1 aliphatic heterocycles. The Balaban J connectivity index is 1.88. The molecule has 7 nitrogen and oxygen atoms in total. The number of rotatable bonds is 7. The molecule has 0 aromatic heterocycles. The predicted molar refractivity (Wildman–Crippen MR) is 113 cm³/mol. The lowest BCUT2D eigenvalue weighted by molar-refractivity contribution is -0.129. The highest BCUT2D eigenvalue weighted by Crippen LogP contribution is 2.42. The molecule has 1 heterocycles. The van der Waals surface area contributed by atoms with Crippen LogP contribution in [0.25, 0.3) is 0 Å². The highest BCUT2D eigenvalue weighted by atomic mass is 35.5. The molecule has 30 heavy (non-hydrogen) atoms. The number of nitrogens with zero attached hydrogens (tertiary/aromatic N) is 1. The first-order valence-corrected chi connectivity index (χ1v) is 11.6. The molecular formula is C21H23ClN2O5S. The van der Waals surface area contributed by atoms with E-state index < -0.39 is 21.0 Å². The number of amides is 2. The van der Waals surface area contributed by atoms with Crippen LogP contribution in [0.4, 0.5) is 5.69 Å². The summed E-state index contributed by atoms with van der Waals surface area (Å²) >= 11 is 6.27. The number of benzene rings is 2. The number of unbranched alkanes of at least 4 members (excludes halogenated alkanes) is 2. The Morgan fingerprint density at radius 2 is 1.80 bits per heavy atom. The van der Waals surface area contributed by atoms with Crippen molar-refractivity contribution in [3.05, 3.63) is 59.1 Å². The number of fused-ring (bicyclic) bond motifs is 1. The Labute approximate surface area is 180 Å². The maximum absolute atomic E-state index is 13.4. The van der Waals surface area contributed by atoms with Crippen LogP contribution in [0.5, 0.6) is 0 Å². The number of hydrogen-bond donors (Lipinski definition) is 2. The number of anilines is 1. The van der Waals surface area contributed by atoms with E-state index in [1.165, 1.54) is 11.0 Å². The van der Waals surface area contributed by atoms with E-state index in [9.17, 15) is 18.0 Å². The van der Waals surface area contributed by atoms with Gasteiger partial charge in [0, 0.05) is 24.4 Å². The van der Waals surface area contributed by atoms with E-state index in [0.717, 1.165) is 0 Å². The van der Waals surface area contributed by atoms with Crippen LogP contribution in [0.15, 0.2) is 53.4 Å². The quantitative estimate of drug-likeness (QED) is 0.380. The topological polar surface area (TPSA) is 104 Å². The lowest BCUT2D eigenvalue weighted by atomic mass is 10.1. The van der Waals surface area contributed by atoms with Crippen molar-refractivity contribution >= 4 is 38.9 Å². The van der Waals surface area contributed by atoms with Gasteiger partial charge in [0.15, 0.2) is 9.84 Å². The molecular weight excluding hydrogens is 428 g/mol. The zero-order valence-electron chi connectivity index (χ0n) is 16.3. The molecule has 0 spiro atoms. The van der Waals surface area contributed by atoms with Gasteiger partial charge in [0.1, 0.15) is 5.25 Å². The molecule has 2 aromatic carbocycles. The van der Waals surface area contributed by atoms with Crippen LogP contribution in [0.2, 0.25) is 5.02 Å². The SMILES string of the molecule is O=C(CCCCCN1C(=O)CC(c2ccccc2Cl)S(=O)(=O)c2ccccc21)NO. The van der Waals surface area contributed by atoms with Crippen molar-refractivity contribution in [2.24, 2.45) is 0 Å². The molecule has 9 heteroatoms. The van der Waals surface area contributed by atoms with Crippen molar-refractivity contribution in [2.45, 2.75) is 42.2 Å². The number of para-hydroxylation sites is 1. The van der Waals surface area contributed by atoms with Crippen LogP contribution in [0, 0.1) is 0 Å². The normalized spacial score (nSPS) is 17.9. The second-order valence-electron chi connectivity index (χ2n) is 7.12. The number of hydroxylamine groups is 1. The largest absolute Gasteiger partial charge is 0.311 e. The van der Waals surface area contributed by atoms with Gasteiger partial charge in [0.05, 0.1) is 10.6 Å². The van der Waals surface area contributed by atoms with Crippen molar-refractivity contribution in [1.82, 2.24) is 5.48 Å². The summed E-state index contributed by atoms with van der Waals surface area (Å²) in [5, 5.41) is 7.79. The van der Waals surface area contributed by atoms with E-state index in [4.69, 9.17) is 16.8 Å². The van der Waals surface area contributed by atoms with E-state index >= 15 is 0 Å². The summed E-state index contributed by atoms with van der Waals surface area (Å²) in [6, 6.07) is 13.2. The number of sulfone groups is 1. The second kappa shape index (κ2) is 9.59. The highest BCUT2D eigenvalue weighted by Gasteiger charge is 2.39. The van der Waals surface area contributed by atoms with Crippen LogP contribution in [-0.4, -0.2) is 32.0 Å². The predicted octanol–water partition coefficient (Wildman–Crippen LogP) is 3.66. The molecule has 0 radical (unpaired) electrons. The molecule has 2 amide bonds. The van der Waals surface area contributed by atoms with Crippen LogP contribution in [0.3, 0.4) is 0 Å². The van der Waals surface area contributed by atoms with Gasteiger partial charge in [-0.1, -0.05) is 48.4 Å². The Morgan fingerprint density at radius 3 is 2.53 bits per heavy atom. The molecule has 160 valence electrons. The number of carbonyl (C=O) groups is 2. The van der Waals surface area contributed by atoms with Gasteiger partial charge in [-0.05, 0) is 36.6 Å². The smallest absolute Gasteiger partial charge is 0.243 e. The molecule has 0 aliphatic carbocycles. The third-order valence-electron chi connectivity index (χ3n) is 5.16. The standard InChI is InChI=1S/C21H23ClN2O5S/c22-16-9-4-3-8-15(16)19-14-21(26)24(13-7-1-2-12-20(25)23-27)17-10-5-6-11-18(17)30(19,28)29/h3-6,8-11,19,27H,1-2,7,12-14H2,(H,23,25). The van der Waals surface area contributed by atoms with Crippen molar-refractivity contribution in [3.63, 3.8) is 0 Å². The average molecular weight is 451 g/mol. The first kappa shape index (κ1) is 22.3. The minimum Gasteiger partial charge on any atom is -0.311 e. The molecule has 0 saturated carbocycles. The van der Waals surface area contributed by atoms with Gasteiger partial charge in [-0.3, -0.25) is 14.8 Å². The Kier molecular flexibility index (Phi) is 7.12. The second-order valence-corrected chi connectivity index (χ2v) is 9.62. The lowest BCUT2D eigenvalue weighted by Gasteiger charge is -2.22. The van der Waals surface area contributed by atoms with Gasteiger partial charge >= 0.3 is 0 Å². The van der Waals surface area contributed by atoms with E-state index in [-0.39, 0.29) is 23.6 Å². The summed E-state index contributed by atoms with van der Waals surface area (Å²) in [7, 11) is -3.84. The fourth-order valence-corrected chi connectivity index (χ4v) is 5.91. The first-order chi connectivity index (χ1) is 14.4. The van der Waals surface area contributed by atoms with Gasteiger partial charge < -0.3 is 4.90 Å². The van der Waals surface area contributed by atoms with Gasteiger partial charge in [-0.15, -0.1) is 0 Å². The molecule has 0 fully saturated rings. The third kappa shape index (κ3) is 4.66. The maximum atomic E-state index is 13.4. The number of carbonyl (C=O) groups excluding carboxylic acids is 2. The number of halogens is 1. The van der Waals surface area contributed by atoms with Gasteiger partial charge in [-0.25, -0.2) is 13.9 Å². The fraction of sp³-hybridized carbons (Fsp3) is 0.333. The van der Waals surface area contributed by atoms with Crippen LogP contribution in [0.1, 0.15) is 42.9 Å². The monoisotopic (exact) mass is 450 g/mol. The molecule has 3 rings (SSSR count). The number of nitrogens with one attached hydrogen (secondary N) is 1. The zero-order chi connectivity index (χ0) is 21.7. The minimum atomic E-state index is -3.84. The number of hydrogen-bond acceptors (Lipinski definition) is 5. The van der Waals surface area contributed by atoms with Crippen LogP contribution >= 0.6 is 11.6 Å². The zero-order valence-corrected chi connectivity index (χ0v) is 17.8. The van der Waals surface area contributed by atoms with E-state index in [1.54, 1.807) is 47.9 Å². The van der Waals surface area contributed by atoms with E-state index in [1.807, 2.05) is 0 Å².